The van der Waals surface area contributed by atoms with Gasteiger partial charge in [-0.25, -0.2) is 4.98 Å². The van der Waals surface area contributed by atoms with Crippen LogP contribution in [0.15, 0.2) is 57.3 Å². The van der Waals surface area contributed by atoms with E-state index in [4.69, 9.17) is 9.15 Å². The van der Waals surface area contributed by atoms with E-state index in [0.717, 1.165) is 32.0 Å². The third-order valence-electron chi connectivity index (χ3n) is 3.49. The summed E-state index contributed by atoms with van der Waals surface area (Å²) >= 11 is 3.04. The molecule has 0 spiro atoms. The fourth-order valence-electron chi connectivity index (χ4n) is 2.39. The van der Waals surface area contributed by atoms with E-state index in [1.807, 2.05) is 55.5 Å². The Morgan fingerprint density at radius 3 is 2.85 bits per heavy atom. The summed E-state index contributed by atoms with van der Waals surface area (Å²) in [5.74, 6) is 2.09. The number of fused-ring (bicyclic) bond motifs is 1. The number of hydrogen-bond acceptors (Lipinski definition) is 8. The highest BCUT2D eigenvalue weighted by molar-refractivity contribution is 8.00. The Morgan fingerprint density at radius 1 is 1.12 bits per heavy atom. The fourth-order valence-corrected chi connectivity index (χ4v) is 4.00. The van der Waals surface area contributed by atoms with Gasteiger partial charge in [0.1, 0.15) is 11.3 Å². The van der Waals surface area contributed by atoms with Crippen molar-refractivity contribution in [1.29, 1.82) is 0 Å². The van der Waals surface area contributed by atoms with Crippen LogP contribution in [0.5, 0.6) is 5.75 Å². The molecule has 0 atom stereocenters. The molecule has 4 rings (SSSR count). The van der Waals surface area contributed by atoms with Gasteiger partial charge in [0.05, 0.1) is 18.0 Å². The number of benzene rings is 2. The number of thioether (sulfide) groups is 1. The minimum atomic E-state index is 0.610. The second-order valence-corrected chi connectivity index (χ2v) is 7.49. The Kier molecular flexibility index (Phi) is 5.03. The zero-order valence-corrected chi connectivity index (χ0v) is 15.6. The summed E-state index contributed by atoms with van der Waals surface area (Å²) in [5, 5.41) is 12.4. The molecule has 1 N–H and O–H groups in total. The molecule has 2 heterocycles. The van der Waals surface area contributed by atoms with Gasteiger partial charge in [-0.1, -0.05) is 47.4 Å². The van der Waals surface area contributed by atoms with E-state index in [0.29, 0.717) is 18.3 Å². The van der Waals surface area contributed by atoms with Crippen LogP contribution in [0.1, 0.15) is 12.8 Å². The molecule has 0 radical (unpaired) electrons. The number of ether oxygens (including phenoxy) is 1. The second kappa shape index (κ2) is 7.76. The van der Waals surface area contributed by atoms with E-state index in [1.54, 1.807) is 11.8 Å². The average Bonchev–Trinajstić information content (AvgIpc) is 3.28. The normalized spacial score (nSPS) is 11.0. The van der Waals surface area contributed by atoms with Gasteiger partial charge in [0, 0.05) is 0 Å². The van der Waals surface area contributed by atoms with E-state index in [2.05, 4.69) is 20.5 Å². The Bertz CT molecular complexity index is 982. The van der Waals surface area contributed by atoms with Crippen LogP contribution in [0, 0.1) is 0 Å². The van der Waals surface area contributed by atoms with Gasteiger partial charge in [-0.2, -0.15) is 0 Å². The van der Waals surface area contributed by atoms with E-state index in [1.165, 1.54) is 11.3 Å². The number of nitrogens with zero attached hydrogens (tertiary/aromatic N) is 3. The molecule has 26 heavy (non-hydrogen) atoms. The van der Waals surface area contributed by atoms with Crippen LogP contribution >= 0.6 is 23.1 Å². The molecule has 0 aliphatic rings. The lowest BCUT2D eigenvalue weighted by molar-refractivity contribution is 0.342. The minimum absolute atomic E-state index is 0.610. The third-order valence-corrected chi connectivity index (χ3v) is 5.45. The van der Waals surface area contributed by atoms with Gasteiger partial charge in [0.2, 0.25) is 11.0 Å². The summed E-state index contributed by atoms with van der Waals surface area (Å²) in [6.45, 7) is 2.57. The second-order valence-electron chi connectivity index (χ2n) is 5.29. The van der Waals surface area contributed by atoms with Crippen molar-refractivity contribution in [1.82, 2.24) is 15.2 Å². The van der Waals surface area contributed by atoms with Crippen molar-refractivity contribution in [2.45, 2.75) is 17.0 Å². The molecule has 0 unspecified atom stereocenters. The minimum Gasteiger partial charge on any atom is -0.492 e. The third kappa shape index (κ3) is 3.81. The van der Waals surface area contributed by atoms with Crippen LogP contribution in [-0.2, 0) is 5.75 Å². The lowest BCUT2D eigenvalue weighted by atomic mass is 10.3. The largest absolute Gasteiger partial charge is 0.492 e. The van der Waals surface area contributed by atoms with Crippen LogP contribution in [0.3, 0.4) is 0 Å². The topological polar surface area (TPSA) is 73.1 Å². The first-order valence-electron chi connectivity index (χ1n) is 8.11. The summed E-state index contributed by atoms with van der Waals surface area (Å²) in [5.41, 5.74) is 2.55. The van der Waals surface area contributed by atoms with E-state index in [9.17, 15) is 0 Å². The molecular weight excluding hydrogens is 368 g/mol. The summed E-state index contributed by atoms with van der Waals surface area (Å²) in [7, 11) is 0. The molecule has 0 aliphatic carbocycles. The summed E-state index contributed by atoms with van der Waals surface area (Å²) < 4.78 is 12.2. The first-order chi connectivity index (χ1) is 12.8. The van der Waals surface area contributed by atoms with Crippen LogP contribution in [-0.4, -0.2) is 21.8 Å². The van der Waals surface area contributed by atoms with Gasteiger partial charge in [-0.3, -0.25) is 0 Å². The van der Waals surface area contributed by atoms with Crippen molar-refractivity contribution in [3.05, 3.63) is 54.4 Å². The van der Waals surface area contributed by atoms with Crippen LogP contribution < -0.4 is 10.1 Å². The molecule has 0 fully saturated rings. The smallest absolute Gasteiger partial charge is 0.210 e. The van der Waals surface area contributed by atoms with Crippen molar-refractivity contribution in [2.24, 2.45) is 0 Å². The fraction of sp³-hybridized carbons (Fsp3) is 0.167. The van der Waals surface area contributed by atoms with Crippen molar-refractivity contribution in [3.8, 4) is 5.75 Å². The number of rotatable bonds is 7. The molecule has 0 aliphatic heterocycles. The molecule has 6 nitrogen and oxygen atoms in total. The Balaban J connectivity index is 1.41. The molecular formula is C18H16N4O2S2. The number of aromatic nitrogens is 3. The number of anilines is 2. The van der Waals surface area contributed by atoms with Gasteiger partial charge < -0.3 is 14.5 Å². The monoisotopic (exact) mass is 384 g/mol. The van der Waals surface area contributed by atoms with Gasteiger partial charge in [0.15, 0.2) is 9.92 Å². The molecule has 0 amide bonds. The van der Waals surface area contributed by atoms with E-state index >= 15 is 0 Å². The van der Waals surface area contributed by atoms with Crippen molar-refractivity contribution in [2.75, 3.05) is 11.9 Å². The van der Waals surface area contributed by atoms with Crippen LogP contribution in [0.4, 0.5) is 10.8 Å². The highest BCUT2D eigenvalue weighted by Gasteiger charge is 2.11. The number of oxazole rings is 1. The maximum atomic E-state index is 5.73. The first kappa shape index (κ1) is 16.9. The van der Waals surface area contributed by atoms with Crippen molar-refractivity contribution < 1.29 is 9.15 Å². The van der Waals surface area contributed by atoms with Crippen molar-refractivity contribution >= 4 is 45.0 Å². The first-order valence-corrected chi connectivity index (χ1v) is 9.91. The lowest BCUT2D eigenvalue weighted by Gasteiger charge is -2.09. The molecule has 2 aromatic carbocycles. The average molecular weight is 384 g/mol. The predicted molar refractivity (Wildman–Crippen MR) is 104 cm³/mol. The molecule has 2 aromatic heterocycles. The zero-order valence-electron chi connectivity index (χ0n) is 14.0. The van der Waals surface area contributed by atoms with E-state index in [-0.39, 0.29) is 0 Å². The predicted octanol–water partition coefficient (Wildman–Crippen LogP) is 5.11. The van der Waals surface area contributed by atoms with Gasteiger partial charge in [-0.05, 0) is 31.2 Å². The van der Waals surface area contributed by atoms with Crippen LogP contribution in [0.2, 0.25) is 0 Å². The number of nitrogens with one attached hydrogen (secondary N) is 1. The standard InChI is InChI=1S/C18H16N4O2S2/c1-2-23-14-9-5-3-7-12(14)20-17-21-22-18(26-17)25-11-16-19-13-8-4-6-10-15(13)24-16/h3-10H,2,11H2,1H3,(H,20,21). The van der Waals surface area contributed by atoms with Crippen molar-refractivity contribution in [3.63, 3.8) is 0 Å². The zero-order chi connectivity index (χ0) is 17.8. The Labute approximate surface area is 158 Å². The van der Waals surface area contributed by atoms with E-state index < -0.39 is 0 Å². The summed E-state index contributed by atoms with van der Waals surface area (Å²) in [6, 6.07) is 15.5. The van der Waals surface area contributed by atoms with Crippen LogP contribution in [0.25, 0.3) is 11.1 Å². The Hall–Kier alpha value is -2.58. The molecule has 0 saturated carbocycles. The quantitative estimate of drug-likeness (QED) is 0.444. The molecule has 0 bridgehead atoms. The number of para-hydroxylation sites is 4. The molecule has 4 aromatic rings. The molecule has 0 saturated heterocycles. The summed E-state index contributed by atoms with van der Waals surface area (Å²) in [4.78, 5) is 4.47. The number of hydrogen-bond donors (Lipinski definition) is 1. The molecule has 8 heteroatoms. The van der Waals surface area contributed by atoms with Gasteiger partial charge >= 0.3 is 0 Å². The highest BCUT2D eigenvalue weighted by Crippen LogP contribution is 2.33. The lowest BCUT2D eigenvalue weighted by Crippen LogP contribution is -1.97. The van der Waals surface area contributed by atoms with Gasteiger partial charge in [0.25, 0.3) is 0 Å². The maximum absolute atomic E-state index is 5.73. The SMILES string of the molecule is CCOc1ccccc1Nc1nnc(SCc2nc3ccccc3o2)s1. The Morgan fingerprint density at radius 2 is 1.96 bits per heavy atom. The highest BCUT2D eigenvalue weighted by atomic mass is 32.2. The maximum Gasteiger partial charge on any atom is 0.210 e. The summed E-state index contributed by atoms with van der Waals surface area (Å²) in [6.07, 6.45) is 0. The van der Waals surface area contributed by atoms with Gasteiger partial charge in [-0.15, -0.1) is 10.2 Å². The molecule has 132 valence electrons.